The quantitative estimate of drug-likeness (QED) is 0.293. The maximum Gasteiger partial charge on any atom is 0.332 e. The maximum absolute atomic E-state index is 13.6. The lowest BCUT2D eigenvalue weighted by molar-refractivity contribution is -0.120. The molecule has 0 radical (unpaired) electrons. The molecule has 1 atom stereocenters. The van der Waals surface area contributed by atoms with Gasteiger partial charge in [0.1, 0.15) is 11.8 Å². The van der Waals surface area contributed by atoms with Gasteiger partial charge >= 0.3 is 16.2 Å². The number of likely N-dealkylation sites (N-methyl/N-ethyl adjacent to an activating group) is 1. The Balaban J connectivity index is 1.43. The second kappa shape index (κ2) is 11.1. The van der Waals surface area contributed by atoms with Crippen molar-refractivity contribution in [1.29, 1.82) is 0 Å². The van der Waals surface area contributed by atoms with Crippen molar-refractivity contribution < 1.29 is 22.7 Å². The predicted molar refractivity (Wildman–Crippen MR) is 156 cm³/mol. The molecule has 2 N–H and O–H groups in total. The average Bonchev–Trinajstić information content (AvgIpc) is 3.32. The average molecular weight is 557 g/mol. The molecule has 0 aliphatic rings. The van der Waals surface area contributed by atoms with Crippen molar-refractivity contribution in [2.24, 2.45) is 0 Å². The van der Waals surface area contributed by atoms with Crippen molar-refractivity contribution in [2.75, 3.05) is 19.1 Å². The van der Waals surface area contributed by atoms with Crippen LogP contribution >= 0.6 is 0 Å². The molecule has 0 saturated heterocycles. The Morgan fingerprint density at radius 2 is 1.38 bits per heavy atom. The number of rotatable bonds is 8. The van der Waals surface area contributed by atoms with Crippen molar-refractivity contribution in [3.05, 3.63) is 109 Å². The van der Waals surface area contributed by atoms with Crippen LogP contribution in [-0.2, 0) is 21.4 Å². The highest BCUT2D eigenvalue weighted by molar-refractivity contribution is 7.88. The zero-order valence-corrected chi connectivity index (χ0v) is 22.8. The summed E-state index contributed by atoms with van der Waals surface area (Å²) >= 11 is 0. The fraction of sp³-hybridized carbons (Fsp3) is 0.133. The largest absolute Gasteiger partial charge is 0.497 e. The van der Waals surface area contributed by atoms with Gasteiger partial charge in [-0.25, -0.2) is 13.5 Å². The number of amides is 3. The summed E-state index contributed by atoms with van der Waals surface area (Å²) in [5.74, 6) is 0.219. The summed E-state index contributed by atoms with van der Waals surface area (Å²) in [6.45, 7) is 0. The van der Waals surface area contributed by atoms with Crippen LogP contribution in [0.5, 0.6) is 5.75 Å². The van der Waals surface area contributed by atoms with E-state index in [1.54, 1.807) is 62.7 Å². The number of urea groups is 1. The molecular weight excluding hydrogens is 528 g/mol. The zero-order chi connectivity index (χ0) is 28.3. The van der Waals surface area contributed by atoms with Crippen molar-refractivity contribution in [2.45, 2.75) is 12.5 Å². The predicted octanol–water partition coefficient (Wildman–Crippen LogP) is 4.47. The monoisotopic (exact) mass is 556 g/mol. The fourth-order valence-corrected chi connectivity index (χ4v) is 5.93. The van der Waals surface area contributed by atoms with Gasteiger partial charge in [-0.3, -0.25) is 4.79 Å². The highest BCUT2D eigenvalue weighted by Crippen LogP contribution is 2.29. The van der Waals surface area contributed by atoms with E-state index in [2.05, 4.69) is 10.0 Å². The van der Waals surface area contributed by atoms with E-state index >= 15 is 0 Å². The number of fused-ring (bicyclic) bond motifs is 3. The molecular formula is C30H28N4O5S. The van der Waals surface area contributed by atoms with E-state index in [4.69, 9.17) is 4.74 Å². The molecule has 1 unspecified atom stereocenters. The highest BCUT2D eigenvalue weighted by Gasteiger charge is 2.28. The molecule has 204 valence electrons. The van der Waals surface area contributed by atoms with Crippen molar-refractivity contribution in [1.82, 2.24) is 14.0 Å². The molecule has 0 fully saturated rings. The van der Waals surface area contributed by atoms with Crippen molar-refractivity contribution in [3.8, 4) is 5.75 Å². The number of para-hydroxylation sites is 2. The molecule has 5 rings (SSSR count). The van der Waals surface area contributed by atoms with E-state index in [0.717, 1.165) is 20.3 Å². The van der Waals surface area contributed by atoms with Gasteiger partial charge in [0, 0.05) is 29.9 Å². The Labute approximate surface area is 232 Å². The highest BCUT2D eigenvalue weighted by atomic mass is 32.2. The Kier molecular flexibility index (Phi) is 7.43. The minimum absolute atomic E-state index is 0.156. The van der Waals surface area contributed by atoms with Crippen LogP contribution in [0.3, 0.4) is 0 Å². The minimum atomic E-state index is -4.38. The Bertz CT molecular complexity index is 1730. The van der Waals surface area contributed by atoms with Gasteiger partial charge in [0.2, 0.25) is 5.91 Å². The number of nitrogens with one attached hydrogen (secondary N) is 2. The molecule has 1 heterocycles. The first kappa shape index (κ1) is 26.8. The number of nitrogens with zero attached hydrogens (tertiary/aromatic N) is 2. The maximum atomic E-state index is 13.6. The van der Waals surface area contributed by atoms with E-state index in [1.165, 1.54) is 4.90 Å². The second-order valence-electron chi connectivity index (χ2n) is 9.22. The molecule has 0 aliphatic heterocycles. The first-order valence-corrected chi connectivity index (χ1v) is 14.0. The van der Waals surface area contributed by atoms with E-state index in [0.29, 0.717) is 22.5 Å². The van der Waals surface area contributed by atoms with Crippen LogP contribution in [-0.4, -0.2) is 44.5 Å². The van der Waals surface area contributed by atoms with E-state index in [-0.39, 0.29) is 6.42 Å². The standard InChI is InChI=1S/C30H28N4O5S/c1-33(22-16-18-23(39-2)19-17-22)29(35)26(20-21-10-4-3-5-11-21)31-30(36)32-40(37,38)34-27-14-8-6-12-24(27)25-13-7-9-15-28(25)34/h3-19,26H,20H2,1-2H3,(H2,31,32,36). The normalized spacial score (nSPS) is 12.2. The van der Waals surface area contributed by atoms with Gasteiger partial charge in [-0.05, 0) is 42.0 Å². The molecule has 5 aromatic rings. The molecule has 0 aliphatic carbocycles. The lowest BCUT2D eigenvalue weighted by Crippen LogP contribution is -2.53. The smallest absolute Gasteiger partial charge is 0.332 e. The summed E-state index contributed by atoms with van der Waals surface area (Å²) in [6.07, 6.45) is 0.156. The molecule has 0 saturated carbocycles. The molecule has 9 nitrogen and oxygen atoms in total. The lowest BCUT2D eigenvalue weighted by Gasteiger charge is -2.25. The molecule has 3 amide bonds. The minimum Gasteiger partial charge on any atom is -0.497 e. The first-order valence-electron chi connectivity index (χ1n) is 12.6. The second-order valence-corrected chi connectivity index (χ2v) is 10.7. The third-order valence-electron chi connectivity index (χ3n) is 6.67. The SMILES string of the molecule is COc1ccc(N(C)C(=O)C(Cc2ccccc2)NC(=O)NS(=O)(=O)n2c3ccccc3c3ccccc32)cc1. The van der Waals surface area contributed by atoms with Gasteiger partial charge in [0.05, 0.1) is 18.1 Å². The molecule has 1 aromatic heterocycles. The van der Waals surface area contributed by atoms with Crippen LogP contribution in [0.2, 0.25) is 0 Å². The summed E-state index contributed by atoms with van der Waals surface area (Å²) in [7, 11) is -1.23. The number of benzene rings is 4. The Hall–Kier alpha value is -4.83. The van der Waals surface area contributed by atoms with E-state index in [9.17, 15) is 18.0 Å². The van der Waals surface area contributed by atoms with Crippen LogP contribution < -0.4 is 19.7 Å². The summed E-state index contributed by atoms with van der Waals surface area (Å²) in [4.78, 5) is 28.2. The van der Waals surface area contributed by atoms with E-state index in [1.807, 2.05) is 54.6 Å². The summed E-state index contributed by atoms with van der Waals surface area (Å²) in [5.41, 5.74) is 2.25. The van der Waals surface area contributed by atoms with Gasteiger partial charge in [-0.1, -0.05) is 66.7 Å². The van der Waals surface area contributed by atoms with Gasteiger partial charge < -0.3 is 15.0 Å². The van der Waals surface area contributed by atoms with Crippen LogP contribution in [0.4, 0.5) is 10.5 Å². The van der Waals surface area contributed by atoms with Gasteiger partial charge in [0.25, 0.3) is 0 Å². The Morgan fingerprint density at radius 1 is 0.825 bits per heavy atom. The van der Waals surface area contributed by atoms with Crippen molar-refractivity contribution >= 4 is 49.6 Å². The lowest BCUT2D eigenvalue weighted by atomic mass is 10.0. The number of carbonyl (C=O) groups excluding carboxylic acids is 2. The van der Waals surface area contributed by atoms with Crippen LogP contribution in [0.15, 0.2) is 103 Å². The first-order chi connectivity index (χ1) is 19.3. The molecule has 4 aromatic carbocycles. The number of aromatic nitrogens is 1. The van der Waals surface area contributed by atoms with E-state index < -0.39 is 28.2 Å². The summed E-state index contributed by atoms with van der Waals surface area (Å²) < 4.78 is 35.5. The fourth-order valence-electron chi connectivity index (χ4n) is 4.71. The van der Waals surface area contributed by atoms with Gasteiger partial charge in [-0.15, -0.1) is 0 Å². The molecule has 0 bridgehead atoms. The molecule has 0 spiro atoms. The van der Waals surface area contributed by atoms with Crippen LogP contribution in [0.1, 0.15) is 5.56 Å². The van der Waals surface area contributed by atoms with Crippen LogP contribution in [0, 0.1) is 0 Å². The van der Waals surface area contributed by atoms with Gasteiger partial charge in [-0.2, -0.15) is 8.42 Å². The Morgan fingerprint density at radius 3 is 1.95 bits per heavy atom. The summed E-state index contributed by atoms with van der Waals surface area (Å²) in [5, 5.41) is 4.07. The number of carbonyl (C=O) groups is 2. The number of hydrogen-bond donors (Lipinski definition) is 2. The van der Waals surface area contributed by atoms with Gasteiger partial charge in [0.15, 0.2) is 0 Å². The third kappa shape index (κ3) is 5.34. The number of methoxy groups -OCH3 is 1. The summed E-state index contributed by atoms with van der Waals surface area (Å²) in [6, 6.07) is 28.1. The molecule has 40 heavy (non-hydrogen) atoms. The van der Waals surface area contributed by atoms with Crippen LogP contribution in [0.25, 0.3) is 21.8 Å². The third-order valence-corrected chi connectivity index (χ3v) is 7.99. The number of hydrogen-bond acceptors (Lipinski definition) is 5. The number of anilines is 1. The number of ether oxygens (including phenoxy) is 1. The zero-order valence-electron chi connectivity index (χ0n) is 21.9. The molecule has 10 heteroatoms. The van der Waals surface area contributed by atoms with Crippen molar-refractivity contribution in [3.63, 3.8) is 0 Å². The topological polar surface area (TPSA) is 110 Å².